The second-order valence-electron chi connectivity index (χ2n) is 4.30. The Bertz CT molecular complexity index is 445. The molecule has 0 aliphatic heterocycles. The summed E-state index contributed by atoms with van der Waals surface area (Å²) in [6.45, 7) is 3.25. The summed E-state index contributed by atoms with van der Waals surface area (Å²) in [5, 5.41) is 8.94. The van der Waals surface area contributed by atoms with Gasteiger partial charge >= 0.3 is 0 Å². The number of carbonyl (C=O) groups excluding carboxylic acids is 1. The van der Waals surface area contributed by atoms with Crippen molar-refractivity contribution in [2.45, 2.75) is 18.7 Å². The average molecular weight is 248 g/mol. The molecule has 0 bridgehead atoms. The van der Waals surface area contributed by atoms with Gasteiger partial charge in [-0.3, -0.25) is 4.79 Å². The molecule has 4 heteroatoms. The lowest BCUT2D eigenvalue weighted by atomic mass is 9.94. The van der Waals surface area contributed by atoms with Gasteiger partial charge in [0.1, 0.15) is 5.41 Å². The van der Waals surface area contributed by atoms with Crippen molar-refractivity contribution >= 4 is 23.4 Å². The zero-order valence-electron chi connectivity index (χ0n) is 10.5. The monoisotopic (exact) mass is 248 g/mol. The molecule has 0 aromatic heterocycles. The molecule has 1 aromatic rings. The van der Waals surface area contributed by atoms with Crippen LogP contribution in [-0.2, 0) is 4.79 Å². The molecule has 3 nitrogen and oxygen atoms in total. The van der Waals surface area contributed by atoms with E-state index in [1.165, 1.54) is 4.90 Å². The summed E-state index contributed by atoms with van der Waals surface area (Å²) in [6.07, 6.45) is 2.00. The van der Waals surface area contributed by atoms with Crippen LogP contribution < -0.4 is 4.90 Å². The molecule has 0 saturated carbocycles. The molecule has 0 aliphatic carbocycles. The van der Waals surface area contributed by atoms with Crippen molar-refractivity contribution in [3.63, 3.8) is 0 Å². The number of amides is 1. The summed E-state index contributed by atoms with van der Waals surface area (Å²) in [5.74, 6) is -0.197. The molecule has 0 saturated heterocycles. The summed E-state index contributed by atoms with van der Waals surface area (Å²) >= 11 is 1.65. The fourth-order valence-electron chi connectivity index (χ4n) is 1.39. The minimum Gasteiger partial charge on any atom is -0.314 e. The molecule has 0 spiro atoms. The van der Waals surface area contributed by atoms with Crippen LogP contribution >= 0.6 is 11.8 Å². The maximum atomic E-state index is 12.0. The van der Waals surface area contributed by atoms with Crippen LogP contribution in [0.15, 0.2) is 29.2 Å². The predicted octanol–water partition coefficient (Wildman–Crippen LogP) is 2.92. The first-order chi connectivity index (χ1) is 7.92. The minimum absolute atomic E-state index is 0.197. The minimum atomic E-state index is -0.993. The molecule has 90 valence electrons. The van der Waals surface area contributed by atoms with E-state index in [2.05, 4.69) is 0 Å². The number of carbonyl (C=O) groups is 1. The van der Waals surface area contributed by atoms with E-state index < -0.39 is 5.41 Å². The molecule has 1 rings (SSSR count). The quantitative estimate of drug-likeness (QED) is 0.772. The van der Waals surface area contributed by atoms with E-state index in [0.29, 0.717) is 0 Å². The van der Waals surface area contributed by atoms with Gasteiger partial charge in [-0.05, 0) is 44.4 Å². The Labute approximate surface area is 106 Å². The number of benzene rings is 1. The van der Waals surface area contributed by atoms with E-state index in [-0.39, 0.29) is 5.91 Å². The maximum Gasteiger partial charge on any atom is 0.246 e. The number of hydrogen-bond acceptors (Lipinski definition) is 3. The summed E-state index contributed by atoms with van der Waals surface area (Å²) in [5.41, 5.74) is -0.191. The van der Waals surface area contributed by atoms with Crippen LogP contribution in [0.1, 0.15) is 13.8 Å². The van der Waals surface area contributed by atoms with Gasteiger partial charge in [0.2, 0.25) is 5.91 Å². The van der Waals surface area contributed by atoms with Gasteiger partial charge in [0, 0.05) is 17.6 Å². The van der Waals surface area contributed by atoms with Gasteiger partial charge in [0.15, 0.2) is 0 Å². The Morgan fingerprint density at radius 1 is 1.35 bits per heavy atom. The Morgan fingerprint density at radius 3 is 2.29 bits per heavy atom. The molecule has 0 N–H and O–H groups in total. The summed E-state index contributed by atoms with van der Waals surface area (Å²) in [6, 6.07) is 9.71. The first kappa shape index (κ1) is 13.6. The third-order valence-electron chi connectivity index (χ3n) is 2.58. The number of thioether (sulfide) groups is 1. The highest BCUT2D eigenvalue weighted by Gasteiger charge is 2.30. The first-order valence-corrected chi connectivity index (χ1v) is 6.48. The van der Waals surface area contributed by atoms with E-state index in [0.717, 1.165) is 10.6 Å². The fourth-order valence-corrected chi connectivity index (χ4v) is 1.80. The highest BCUT2D eigenvalue weighted by atomic mass is 32.2. The number of nitrogens with zero attached hydrogens (tertiary/aromatic N) is 2. The maximum absolute atomic E-state index is 12.0. The van der Waals surface area contributed by atoms with Crippen molar-refractivity contribution in [1.29, 1.82) is 5.26 Å². The summed E-state index contributed by atoms with van der Waals surface area (Å²) in [4.78, 5) is 14.7. The summed E-state index contributed by atoms with van der Waals surface area (Å²) in [7, 11) is 1.69. The molecule has 1 aromatic carbocycles. The van der Waals surface area contributed by atoms with Crippen LogP contribution in [0.3, 0.4) is 0 Å². The van der Waals surface area contributed by atoms with Crippen LogP contribution in [-0.4, -0.2) is 19.2 Å². The lowest BCUT2D eigenvalue weighted by Gasteiger charge is -2.24. The van der Waals surface area contributed by atoms with E-state index in [1.807, 2.05) is 36.6 Å². The van der Waals surface area contributed by atoms with Gasteiger partial charge in [0.05, 0.1) is 6.07 Å². The molecule has 0 aliphatic rings. The molecule has 1 amide bonds. The smallest absolute Gasteiger partial charge is 0.246 e. The van der Waals surface area contributed by atoms with Gasteiger partial charge in [-0.1, -0.05) is 0 Å². The third-order valence-corrected chi connectivity index (χ3v) is 3.32. The van der Waals surface area contributed by atoms with Crippen LogP contribution in [0.25, 0.3) is 0 Å². The zero-order chi connectivity index (χ0) is 13.1. The van der Waals surface area contributed by atoms with Crippen LogP contribution in [0, 0.1) is 16.7 Å². The number of nitriles is 1. The van der Waals surface area contributed by atoms with Gasteiger partial charge in [0.25, 0.3) is 0 Å². The SMILES string of the molecule is CSc1ccc(N(C)C(=O)C(C)(C)C#N)cc1. The van der Waals surface area contributed by atoms with Gasteiger partial charge in [-0.15, -0.1) is 11.8 Å². The molecule has 0 radical (unpaired) electrons. The normalized spacial score (nSPS) is 10.8. The molecular weight excluding hydrogens is 232 g/mol. The van der Waals surface area contributed by atoms with Crippen molar-refractivity contribution in [2.24, 2.45) is 5.41 Å². The standard InChI is InChI=1S/C13H16N2OS/c1-13(2,9-14)12(16)15(3)10-5-7-11(17-4)8-6-10/h5-8H,1-4H3. The van der Waals surface area contributed by atoms with Crippen molar-refractivity contribution in [3.05, 3.63) is 24.3 Å². The van der Waals surface area contributed by atoms with E-state index in [1.54, 1.807) is 32.7 Å². The van der Waals surface area contributed by atoms with Crippen LogP contribution in [0.2, 0.25) is 0 Å². The molecular formula is C13H16N2OS. The number of hydrogen-bond donors (Lipinski definition) is 0. The second kappa shape index (κ2) is 5.24. The Morgan fingerprint density at radius 2 is 1.88 bits per heavy atom. The topological polar surface area (TPSA) is 44.1 Å². The van der Waals surface area contributed by atoms with Gasteiger partial charge in [-0.25, -0.2) is 0 Å². The van der Waals surface area contributed by atoms with Crippen molar-refractivity contribution in [1.82, 2.24) is 0 Å². The van der Waals surface area contributed by atoms with Gasteiger partial charge < -0.3 is 4.90 Å². The Hall–Kier alpha value is -1.47. The van der Waals surface area contributed by atoms with Crippen molar-refractivity contribution in [3.8, 4) is 6.07 Å². The van der Waals surface area contributed by atoms with Gasteiger partial charge in [-0.2, -0.15) is 5.26 Å². The van der Waals surface area contributed by atoms with E-state index in [4.69, 9.17) is 5.26 Å². The third kappa shape index (κ3) is 3.01. The average Bonchev–Trinajstić information content (AvgIpc) is 2.37. The highest BCUT2D eigenvalue weighted by molar-refractivity contribution is 7.98. The number of anilines is 1. The lowest BCUT2D eigenvalue weighted by Crippen LogP contribution is -2.37. The predicted molar refractivity (Wildman–Crippen MR) is 71.0 cm³/mol. The van der Waals surface area contributed by atoms with Crippen molar-refractivity contribution < 1.29 is 4.79 Å². The molecule has 0 heterocycles. The Kier molecular flexibility index (Phi) is 4.19. The zero-order valence-corrected chi connectivity index (χ0v) is 11.3. The first-order valence-electron chi connectivity index (χ1n) is 5.26. The van der Waals surface area contributed by atoms with Crippen molar-refractivity contribution in [2.75, 3.05) is 18.2 Å². The lowest BCUT2D eigenvalue weighted by molar-refractivity contribution is -0.123. The van der Waals surface area contributed by atoms with E-state index in [9.17, 15) is 4.79 Å². The molecule has 0 unspecified atom stereocenters. The Balaban J connectivity index is 2.93. The largest absolute Gasteiger partial charge is 0.314 e. The fraction of sp³-hybridized carbons (Fsp3) is 0.385. The second-order valence-corrected chi connectivity index (χ2v) is 5.18. The highest BCUT2D eigenvalue weighted by Crippen LogP contribution is 2.24. The molecule has 17 heavy (non-hydrogen) atoms. The van der Waals surface area contributed by atoms with Crippen LogP contribution in [0.5, 0.6) is 0 Å². The summed E-state index contributed by atoms with van der Waals surface area (Å²) < 4.78 is 0. The number of rotatable bonds is 3. The van der Waals surface area contributed by atoms with E-state index >= 15 is 0 Å². The molecule has 0 atom stereocenters. The van der Waals surface area contributed by atoms with Crippen LogP contribution in [0.4, 0.5) is 5.69 Å². The molecule has 0 fully saturated rings.